The first-order valence-corrected chi connectivity index (χ1v) is 5.12. The highest BCUT2D eigenvalue weighted by molar-refractivity contribution is 6.66. The van der Waals surface area contributed by atoms with Gasteiger partial charge in [0.25, 0.3) is 0 Å². The summed E-state index contributed by atoms with van der Waals surface area (Å²) in [6, 6.07) is 5.01. The Kier molecular flexibility index (Phi) is 4.91. The van der Waals surface area contributed by atoms with E-state index in [1.165, 1.54) is 12.2 Å². The number of carbonyl (C=O) groups excluding carboxylic acids is 1. The van der Waals surface area contributed by atoms with Gasteiger partial charge < -0.3 is 4.74 Å². The molecule has 82 valence electrons. The molecule has 0 bridgehead atoms. The molecule has 0 spiro atoms. The van der Waals surface area contributed by atoms with Crippen LogP contribution in [0.2, 0.25) is 5.02 Å². The predicted molar refractivity (Wildman–Crippen MR) is 65.7 cm³/mol. The second-order valence-corrected chi connectivity index (χ2v) is 3.62. The predicted octanol–water partition coefficient (Wildman–Crippen LogP) is 3.13. The van der Waals surface area contributed by atoms with E-state index in [4.69, 9.17) is 34.4 Å². The summed E-state index contributed by atoms with van der Waals surface area (Å²) in [7, 11) is 0. The summed E-state index contributed by atoms with van der Waals surface area (Å²) in [6.07, 6.45) is 7.82. The molecule has 0 unspecified atom stereocenters. The number of hydrogen-bond acceptors (Lipinski definition) is 2. The summed E-state index contributed by atoms with van der Waals surface area (Å²) < 4.78 is 5.27. The van der Waals surface area contributed by atoms with Crippen molar-refractivity contribution in [2.24, 2.45) is 0 Å². The van der Waals surface area contributed by atoms with E-state index in [1.807, 2.05) is 0 Å². The molecule has 0 aliphatic heterocycles. The van der Waals surface area contributed by atoms with Crippen LogP contribution in [-0.2, 0) is 4.79 Å². The molecule has 0 saturated heterocycles. The lowest BCUT2D eigenvalue weighted by molar-refractivity contribution is -0.107. The molecule has 0 radical (unpaired) electrons. The van der Waals surface area contributed by atoms with E-state index in [-0.39, 0.29) is 6.61 Å². The average molecular weight is 255 g/mol. The Balaban J connectivity index is 2.99. The SMILES string of the molecule is C#CCOc1ccc(Cl)cc1C=CC(=O)Cl. The Morgan fingerprint density at radius 1 is 1.56 bits per heavy atom. The van der Waals surface area contributed by atoms with Crippen molar-refractivity contribution in [1.82, 2.24) is 0 Å². The van der Waals surface area contributed by atoms with Crippen LogP contribution in [0.1, 0.15) is 5.56 Å². The first kappa shape index (κ1) is 12.6. The Morgan fingerprint density at radius 3 is 2.94 bits per heavy atom. The molecule has 16 heavy (non-hydrogen) atoms. The highest BCUT2D eigenvalue weighted by Gasteiger charge is 2.01. The Hall–Kier alpha value is -1.43. The van der Waals surface area contributed by atoms with Crippen molar-refractivity contribution in [2.45, 2.75) is 0 Å². The van der Waals surface area contributed by atoms with Gasteiger partial charge in [-0.15, -0.1) is 6.42 Å². The number of allylic oxidation sites excluding steroid dienone is 1. The van der Waals surface area contributed by atoms with Crippen LogP contribution >= 0.6 is 23.2 Å². The van der Waals surface area contributed by atoms with E-state index in [2.05, 4.69) is 5.92 Å². The van der Waals surface area contributed by atoms with Gasteiger partial charge >= 0.3 is 0 Å². The van der Waals surface area contributed by atoms with Gasteiger partial charge in [-0.1, -0.05) is 17.5 Å². The highest BCUT2D eigenvalue weighted by Crippen LogP contribution is 2.24. The van der Waals surface area contributed by atoms with Crippen LogP contribution in [0.25, 0.3) is 6.08 Å². The first-order valence-electron chi connectivity index (χ1n) is 4.37. The van der Waals surface area contributed by atoms with Gasteiger partial charge in [-0.3, -0.25) is 4.79 Å². The summed E-state index contributed by atoms with van der Waals surface area (Å²) in [6.45, 7) is 0.150. The highest BCUT2D eigenvalue weighted by atomic mass is 35.5. The molecular formula is C12H8Cl2O2. The molecule has 1 aromatic carbocycles. The van der Waals surface area contributed by atoms with E-state index in [0.717, 1.165) is 0 Å². The summed E-state index contributed by atoms with van der Waals surface area (Å²) >= 11 is 11.0. The third-order valence-electron chi connectivity index (χ3n) is 1.68. The van der Waals surface area contributed by atoms with E-state index in [0.29, 0.717) is 16.3 Å². The van der Waals surface area contributed by atoms with Crippen LogP contribution in [0, 0.1) is 12.3 Å². The smallest absolute Gasteiger partial charge is 0.245 e. The van der Waals surface area contributed by atoms with Crippen LogP contribution in [-0.4, -0.2) is 11.8 Å². The molecular weight excluding hydrogens is 247 g/mol. The molecule has 0 atom stereocenters. The number of halogens is 2. The third kappa shape index (κ3) is 3.98. The molecule has 0 aromatic heterocycles. The lowest BCUT2D eigenvalue weighted by Gasteiger charge is -2.06. The molecule has 0 N–H and O–H groups in total. The van der Waals surface area contributed by atoms with Crippen molar-refractivity contribution in [3.63, 3.8) is 0 Å². The molecule has 1 aromatic rings. The average Bonchev–Trinajstić information content (AvgIpc) is 2.25. The second-order valence-electron chi connectivity index (χ2n) is 2.81. The fraction of sp³-hybridized carbons (Fsp3) is 0.0833. The molecule has 2 nitrogen and oxygen atoms in total. The summed E-state index contributed by atoms with van der Waals surface area (Å²) in [4.78, 5) is 10.6. The maximum Gasteiger partial charge on any atom is 0.245 e. The van der Waals surface area contributed by atoms with Gasteiger partial charge in [-0.2, -0.15) is 0 Å². The van der Waals surface area contributed by atoms with Gasteiger partial charge in [0, 0.05) is 10.6 Å². The molecule has 0 aliphatic carbocycles. The largest absolute Gasteiger partial charge is 0.480 e. The number of benzene rings is 1. The zero-order chi connectivity index (χ0) is 12.0. The number of carbonyl (C=O) groups is 1. The minimum Gasteiger partial charge on any atom is -0.480 e. The lowest BCUT2D eigenvalue weighted by Crippen LogP contribution is -1.95. The van der Waals surface area contributed by atoms with Crippen LogP contribution in [0.4, 0.5) is 0 Å². The van der Waals surface area contributed by atoms with E-state index < -0.39 is 5.24 Å². The first-order chi connectivity index (χ1) is 7.63. The van der Waals surface area contributed by atoms with Crippen molar-refractivity contribution in [3.05, 3.63) is 34.9 Å². The minimum absolute atomic E-state index is 0.150. The van der Waals surface area contributed by atoms with Crippen LogP contribution in [0.3, 0.4) is 0 Å². The number of hydrogen-bond donors (Lipinski definition) is 0. The van der Waals surface area contributed by atoms with Crippen molar-refractivity contribution < 1.29 is 9.53 Å². The monoisotopic (exact) mass is 254 g/mol. The standard InChI is InChI=1S/C12H8Cl2O2/c1-2-7-16-11-5-4-10(13)8-9(11)3-6-12(14)15/h1,3-6,8H,7H2. The fourth-order valence-corrected chi connectivity index (χ4v) is 1.30. The van der Waals surface area contributed by atoms with Gasteiger partial charge in [-0.05, 0) is 42.0 Å². The number of terminal acetylenes is 1. The Bertz CT molecular complexity index is 459. The van der Waals surface area contributed by atoms with Crippen molar-refractivity contribution in [3.8, 4) is 18.1 Å². The van der Waals surface area contributed by atoms with Gasteiger partial charge in [0.2, 0.25) is 5.24 Å². The van der Waals surface area contributed by atoms with Crippen LogP contribution in [0.15, 0.2) is 24.3 Å². The Morgan fingerprint density at radius 2 is 2.31 bits per heavy atom. The normalized spacial score (nSPS) is 10.1. The zero-order valence-electron chi connectivity index (χ0n) is 8.24. The molecule has 4 heteroatoms. The zero-order valence-corrected chi connectivity index (χ0v) is 9.76. The van der Waals surface area contributed by atoms with Crippen molar-refractivity contribution in [1.29, 1.82) is 0 Å². The van der Waals surface area contributed by atoms with Gasteiger partial charge in [0.1, 0.15) is 12.4 Å². The van der Waals surface area contributed by atoms with E-state index >= 15 is 0 Å². The lowest BCUT2D eigenvalue weighted by atomic mass is 10.2. The van der Waals surface area contributed by atoms with E-state index in [9.17, 15) is 4.79 Å². The quantitative estimate of drug-likeness (QED) is 0.469. The van der Waals surface area contributed by atoms with Crippen molar-refractivity contribution in [2.75, 3.05) is 6.61 Å². The molecule has 0 heterocycles. The third-order valence-corrected chi connectivity index (χ3v) is 2.04. The van der Waals surface area contributed by atoms with Crippen molar-refractivity contribution >= 4 is 34.5 Å². The molecule has 1 rings (SSSR count). The van der Waals surface area contributed by atoms with Crippen LogP contribution < -0.4 is 4.74 Å². The van der Waals surface area contributed by atoms with Gasteiger partial charge in [-0.25, -0.2) is 0 Å². The van der Waals surface area contributed by atoms with Crippen LogP contribution in [0.5, 0.6) is 5.75 Å². The maximum absolute atomic E-state index is 10.6. The van der Waals surface area contributed by atoms with Gasteiger partial charge in [0.05, 0.1) is 0 Å². The van der Waals surface area contributed by atoms with E-state index in [1.54, 1.807) is 18.2 Å². The summed E-state index contributed by atoms with van der Waals surface area (Å²) in [5, 5.41) is -0.0300. The molecule has 0 aliphatic rings. The number of ether oxygens (including phenoxy) is 1. The maximum atomic E-state index is 10.6. The van der Waals surface area contributed by atoms with Gasteiger partial charge in [0.15, 0.2) is 0 Å². The molecule has 0 amide bonds. The summed E-state index contributed by atoms with van der Waals surface area (Å²) in [5.74, 6) is 2.90. The second kappa shape index (κ2) is 6.22. The summed E-state index contributed by atoms with van der Waals surface area (Å²) in [5.41, 5.74) is 0.650. The molecule has 0 saturated carbocycles. The minimum atomic E-state index is -0.567. The Labute approximate surface area is 104 Å². The number of rotatable bonds is 4. The molecule has 0 fully saturated rings. The fourth-order valence-electron chi connectivity index (χ4n) is 1.06. The topological polar surface area (TPSA) is 26.3 Å².